The van der Waals surface area contributed by atoms with Gasteiger partial charge in [-0.3, -0.25) is 0 Å². The Kier molecular flexibility index (Phi) is 5.49. The van der Waals surface area contributed by atoms with Crippen molar-refractivity contribution >= 4 is 17.1 Å². The second-order valence-electron chi connectivity index (χ2n) is 14.6. The van der Waals surface area contributed by atoms with Crippen molar-refractivity contribution in [1.29, 1.82) is 0 Å². The second-order valence-corrected chi connectivity index (χ2v) is 15.0. The van der Waals surface area contributed by atoms with Crippen LogP contribution in [0, 0.1) is 0 Å². The number of rotatable bonds is 2. The number of hydrogen-bond acceptors (Lipinski definition) is 1. The minimum atomic E-state index is -0.397. The fourth-order valence-electron chi connectivity index (χ4n) is 10.6. The highest BCUT2D eigenvalue weighted by molar-refractivity contribution is 7.81. The topological polar surface area (TPSA) is 0 Å². The van der Waals surface area contributed by atoms with Crippen molar-refractivity contribution in [2.75, 3.05) is 0 Å². The third-order valence-corrected chi connectivity index (χ3v) is 13.0. The molecule has 0 bridgehead atoms. The number of benzene rings is 8. The van der Waals surface area contributed by atoms with Gasteiger partial charge < -0.3 is 0 Å². The van der Waals surface area contributed by atoms with Crippen molar-refractivity contribution in [1.82, 2.24) is 0 Å². The molecule has 0 heterocycles. The number of thiocarbonyl (C=S) groups is 1. The van der Waals surface area contributed by atoms with E-state index in [9.17, 15) is 0 Å². The van der Waals surface area contributed by atoms with Crippen LogP contribution in [0.5, 0.6) is 0 Å². The lowest BCUT2D eigenvalue weighted by Crippen LogP contribution is -2.26. The summed E-state index contributed by atoms with van der Waals surface area (Å²) in [7, 11) is 0. The highest BCUT2D eigenvalue weighted by Crippen LogP contribution is 2.64. The summed E-state index contributed by atoms with van der Waals surface area (Å²) in [5, 5.41) is 0. The van der Waals surface area contributed by atoms with Crippen LogP contribution in [-0.4, -0.2) is 4.86 Å². The molecule has 1 heteroatoms. The van der Waals surface area contributed by atoms with Crippen LogP contribution in [0.3, 0.4) is 0 Å². The van der Waals surface area contributed by atoms with Crippen LogP contribution in [-0.2, 0) is 10.8 Å². The van der Waals surface area contributed by atoms with E-state index in [1.165, 1.54) is 89.0 Å². The Labute approximate surface area is 308 Å². The average molecular weight is 675 g/mol. The minimum absolute atomic E-state index is 0.397. The summed E-state index contributed by atoms with van der Waals surface area (Å²) in [4.78, 5) is 0.877. The third kappa shape index (κ3) is 3.23. The van der Waals surface area contributed by atoms with E-state index in [1.807, 2.05) is 0 Å². The standard InChI is InChI=1S/C51H30S/c52-49(31-25-27-39-37-17-5-11-23-45(37)50(47(39)29-31)41-19-7-1-13-33(41)34-14-2-8-20-42(34)50)32-26-28-40-38-18-6-12-24-46(38)51(48(40)30-32)43-21-9-3-15-35(43)36-16-4-10-22-44(36)51/h1-30H. The van der Waals surface area contributed by atoms with Gasteiger partial charge in [0.25, 0.3) is 0 Å². The molecule has 12 rings (SSSR count). The summed E-state index contributed by atoms with van der Waals surface area (Å²) in [6, 6.07) is 67.9. The molecule has 4 aliphatic rings. The monoisotopic (exact) mass is 674 g/mol. The first-order valence-electron chi connectivity index (χ1n) is 18.1. The van der Waals surface area contributed by atoms with Crippen LogP contribution in [0.2, 0.25) is 0 Å². The molecule has 2 spiro atoms. The first kappa shape index (κ1) is 28.5. The Balaban J connectivity index is 1.08. The fraction of sp³-hybridized carbons (Fsp3) is 0.0392. The summed E-state index contributed by atoms with van der Waals surface area (Å²) >= 11 is 6.54. The molecule has 0 aliphatic heterocycles. The normalized spacial score (nSPS) is 14.9. The molecule has 8 aromatic carbocycles. The summed E-state index contributed by atoms with van der Waals surface area (Å²) in [5.41, 5.74) is 22.5. The summed E-state index contributed by atoms with van der Waals surface area (Å²) in [5.74, 6) is 0. The van der Waals surface area contributed by atoms with Crippen molar-refractivity contribution in [2.45, 2.75) is 10.8 Å². The van der Waals surface area contributed by atoms with Gasteiger partial charge in [-0.15, -0.1) is 0 Å². The van der Waals surface area contributed by atoms with Crippen LogP contribution in [0.25, 0.3) is 44.5 Å². The molecule has 0 atom stereocenters. The molecule has 0 aromatic heterocycles. The highest BCUT2D eigenvalue weighted by atomic mass is 32.1. The van der Waals surface area contributed by atoms with Gasteiger partial charge in [0.15, 0.2) is 0 Å². The molecule has 0 nitrogen and oxygen atoms in total. The van der Waals surface area contributed by atoms with Gasteiger partial charge in [-0.1, -0.05) is 182 Å². The Hall–Kier alpha value is -6.15. The van der Waals surface area contributed by atoms with E-state index in [0.29, 0.717) is 0 Å². The van der Waals surface area contributed by atoms with Gasteiger partial charge in [-0.2, -0.15) is 0 Å². The molecule has 0 amide bonds. The maximum atomic E-state index is 6.54. The zero-order valence-electron chi connectivity index (χ0n) is 28.2. The van der Waals surface area contributed by atoms with E-state index in [4.69, 9.17) is 12.2 Å². The molecule has 0 fully saturated rings. The molecule has 52 heavy (non-hydrogen) atoms. The highest BCUT2D eigenvalue weighted by Gasteiger charge is 2.53. The van der Waals surface area contributed by atoms with Crippen molar-refractivity contribution in [3.8, 4) is 44.5 Å². The van der Waals surface area contributed by atoms with Gasteiger partial charge in [-0.05, 0) is 112 Å². The van der Waals surface area contributed by atoms with Crippen LogP contribution < -0.4 is 0 Å². The molecule has 0 radical (unpaired) electrons. The van der Waals surface area contributed by atoms with Gasteiger partial charge in [0, 0.05) is 0 Å². The molecule has 0 unspecified atom stereocenters. The maximum absolute atomic E-state index is 6.54. The minimum Gasteiger partial charge on any atom is -0.0788 e. The summed E-state index contributed by atoms with van der Waals surface area (Å²) < 4.78 is 0. The quantitative estimate of drug-likeness (QED) is 0.130. The maximum Gasteiger partial charge on any atom is 0.0725 e. The van der Waals surface area contributed by atoms with Crippen molar-refractivity contribution in [3.05, 3.63) is 238 Å². The fourth-order valence-corrected chi connectivity index (χ4v) is 10.9. The van der Waals surface area contributed by atoms with Crippen LogP contribution in [0.4, 0.5) is 0 Å². The molecule has 0 N–H and O–H groups in total. The van der Waals surface area contributed by atoms with E-state index < -0.39 is 10.8 Å². The lowest BCUT2D eigenvalue weighted by atomic mass is 9.70. The first-order chi connectivity index (χ1) is 25.7. The third-order valence-electron chi connectivity index (χ3n) is 12.5. The van der Waals surface area contributed by atoms with E-state index in [0.717, 1.165) is 16.0 Å². The Morgan fingerprint density at radius 2 is 0.500 bits per heavy atom. The summed E-state index contributed by atoms with van der Waals surface area (Å²) in [6.07, 6.45) is 0. The molecule has 0 saturated heterocycles. The molecular weight excluding hydrogens is 645 g/mol. The largest absolute Gasteiger partial charge is 0.0788 e. The number of fused-ring (bicyclic) bond motifs is 20. The van der Waals surface area contributed by atoms with Crippen molar-refractivity contribution in [3.63, 3.8) is 0 Å². The van der Waals surface area contributed by atoms with E-state index in [2.05, 4.69) is 182 Å². The second kappa shape index (κ2) is 10.0. The van der Waals surface area contributed by atoms with Gasteiger partial charge in [0.2, 0.25) is 0 Å². The first-order valence-corrected chi connectivity index (χ1v) is 18.6. The Bertz CT molecular complexity index is 2570. The Morgan fingerprint density at radius 3 is 0.769 bits per heavy atom. The molecular formula is C51H30S. The number of hydrogen-bond donors (Lipinski definition) is 0. The van der Waals surface area contributed by atoms with E-state index >= 15 is 0 Å². The molecule has 4 aliphatic carbocycles. The van der Waals surface area contributed by atoms with Gasteiger partial charge in [0.1, 0.15) is 0 Å². The van der Waals surface area contributed by atoms with Gasteiger partial charge in [0.05, 0.1) is 15.7 Å². The smallest absolute Gasteiger partial charge is 0.0725 e. The van der Waals surface area contributed by atoms with Crippen LogP contribution >= 0.6 is 12.2 Å². The SMILES string of the molecule is S=C(c1ccc2c(c1)C1(c3ccccc3-c3ccccc31)c1ccccc1-2)c1ccc2c(c1)C1(c3ccccc3-c3ccccc31)c1ccccc1-2. The Morgan fingerprint density at radius 1 is 0.269 bits per heavy atom. The predicted molar refractivity (Wildman–Crippen MR) is 216 cm³/mol. The zero-order valence-corrected chi connectivity index (χ0v) is 29.0. The molecule has 240 valence electrons. The van der Waals surface area contributed by atoms with Crippen LogP contribution in [0.15, 0.2) is 182 Å². The summed E-state index contributed by atoms with van der Waals surface area (Å²) in [6.45, 7) is 0. The molecule has 0 saturated carbocycles. The van der Waals surface area contributed by atoms with Crippen molar-refractivity contribution in [2.24, 2.45) is 0 Å². The van der Waals surface area contributed by atoms with Gasteiger partial charge in [-0.25, -0.2) is 0 Å². The lowest BCUT2D eigenvalue weighted by Gasteiger charge is -2.31. The van der Waals surface area contributed by atoms with E-state index in [-0.39, 0.29) is 0 Å². The van der Waals surface area contributed by atoms with Crippen LogP contribution in [0.1, 0.15) is 55.6 Å². The predicted octanol–water partition coefficient (Wildman–Crippen LogP) is 12.1. The molecule has 8 aromatic rings. The lowest BCUT2D eigenvalue weighted by molar-refractivity contribution is 0.793. The average Bonchev–Trinajstić information content (AvgIpc) is 3.89. The zero-order chi connectivity index (χ0) is 34.2. The van der Waals surface area contributed by atoms with Crippen molar-refractivity contribution < 1.29 is 0 Å². The van der Waals surface area contributed by atoms with Gasteiger partial charge >= 0.3 is 0 Å². The van der Waals surface area contributed by atoms with E-state index in [1.54, 1.807) is 0 Å².